The van der Waals surface area contributed by atoms with Crippen LogP contribution in [0.3, 0.4) is 0 Å². The Balaban J connectivity index is 4.89. The average Bonchev–Trinajstić information content (AvgIpc) is 3.70. The summed E-state index contributed by atoms with van der Waals surface area (Å²) in [6.07, 6.45) is 84.3. The molecule has 87 heavy (non-hydrogen) atoms. The van der Waals surface area contributed by atoms with Crippen LogP contribution in [0.25, 0.3) is 0 Å². The number of nitrogens with one attached hydrogen (secondary N) is 1. The number of phosphoric acid groups is 1. The van der Waals surface area contributed by atoms with Crippen LogP contribution in [-0.4, -0.2) is 69.4 Å². The molecule has 0 saturated heterocycles. The summed E-state index contributed by atoms with van der Waals surface area (Å²) in [6.45, 7) is 6.90. The van der Waals surface area contributed by atoms with Gasteiger partial charge in [-0.3, -0.25) is 14.2 Å². The monoisotopic (exact) mass is 1250 g/mol. The van der Waals surface area contributed by atoms with Crippen molar-refractivity contribution in [3.63, 3.8) is 0 Å². The highest BCUT2D eigenvalue weighted by atomic mass is 31.2. The first-order valence-electron chi connectivity index (χ1n) is 38.3. The highest BCUT2D eigenvalue weighted by molar-refractivity contribution is 7.45. The normalized spacial score (nSPS) is 13.6. The molecule has 1 amide bonds. The van der Waals surface area contributed by atoms with E-state index in [-0.39, 0.29) is 31.5 Å². The molecule has 1 N–H and O–H groups in total. The lowest BCUT2D eigenvalue weighted by Crippen LogP contribution is -2.47. The van der Waals surface area contributed by atoms with Gasteiger partial charge in [-0.25, -0.2) is 0 Å². The highest BCUT2D eigenvalue weighted by Crippen LogP contribution is 2.38. The van der Waals surface area contributed by atoms with Crippen LogP contribution in [0.15, 0.2) is 36.5 Å². The van der Waals surface area contributed by atoms with E-state index in [0.29, 0.717) is 17.4 Å². The van der Waals surface area contributed by atoms with Crippen molar-refractivity contribution in [1.29, 1.82) is 0 Å². The Hall–Kier alpha value is -1.77. The topological polar surface area (TPSA) is 114 Å². The predicted octanol–water partition coefficient (Wildman–Crippen LogP) is 23.9. The van der Waals surface area contributed by atoms with E-state index in [1.54, 1.807) is 0 Å². The van der Waals surface area contributed by atoms with Crippen molar-refractivity contribution in [2.24, 2.45) is 0 Å². The smallest absolute Gasteiger partial charge is 0.306 e. The molecule has 0 spiro atoms. The number of amides is 1. The number of hydrogen-bond donors (Lipinski definition) is 1. The summed E-state index contributed by atoms with van der Waals surface area (Å²) in [5.41, 5.74) is 0. The van der Waals surface area contributed by atoms with E-state index >= 15 is 0 Å². The Morgan fingerprint density at radius 3 is 0.977 bits per heavy atom. The van der Waals surface area contributed by atoms with E-state index in [1.165, 1.54) is 302 Å². The molecule has 3 atom stereocenters. The fourth-order valence-electron chi connectivity index (χ4n) is 11.6. The Kier molecular flexibility index (Phi) is 65.8. The van der Waals surface area contributed by atoms with Crippen LogP contribution in [0.1, 0.15) is 393 Å². The van der Waals surface area contributed by atoms with Crippen molar-refractivity contribution in [1.82, 2.24) is 5.32 Å². The number of ether oxygens (including phenoxy) is 1. The molecule has 0 bridgehead atoms. The van der Waals surface area contributed by atoms with E-state index in [2.05, 4.69) is 50.4 Å². The largest absolute Gasteiger partial charge is 0.756 e. The van der Waals surface area contributed by atoms with Crippen LogP contribution >= 0.6 is 7.82 Å². The predicted molar refractivity (Wildman–Crippen MR) is 376 cm³/mol. The van der Waals surface area contributed by atoms with Crippen LogP contribution in [0.2, 0.25) is 0 Å². The number of hydrogen-bond acceptors (Lipinski definition) is 7. The Morgan fingerprint density at radius 2 is 0.667 bits per heavy atom. The fraction of sp³-hybridized carbons (Fsp3) is 0.896. The standard InChI is InChI=1S/C77H149N2O7P/c1-7-10-13-16-19-22-25-27-29-31-33-35-37-38-39-40-42-43-45-47-49-51-54-57-60-63-66-69-76(80)78-74(73-85-87(82,83)84-72-71-79(4,5)6)75(68-65-62-59-56-53-24-21-18-15-12-9-3)86-77(81)70-67-64-61-58-55-52-50-48-46-44-41-36-34-32-30-28-26-23-20-17-14-11-8-2/h27-30,65,68,74-75H,7-26,31-64,66-67,69-73H2,1-6H3,(H-,78,80,82,83)/b29-27+,30-28+,68-65-. The second-order valence-electron chi connectivity index (χ2n) is 27.5. The SMILES string of the molecule is CCCCCCCC/C=C/CCCCCCCCCCCCCCCCCCCC(=O)NC(COP(=O)([O-])OCC[N+](C)(C)C)C(/C=C\CCCCCCCCCCC)OC(=O)CCCCCCCCCCCCCCC/C=C/CCCCCCCC. The van der Waals surface area contributed by atoms with Gasteiger partial charge >= 0.3 is 5.97 Å². The number of allylic oxidation sites excluding steroid dienone is 5. The summed E-state index contributed by atoms with van der Waals surface area (Å²) >= 11 is 0. The third-order valence-corrected chi connectivity index (χ3v) is 18.5. The number of quaternary nitrogens is 1. The van der Waals surface area contributed by atoms with Gasteiger partial charge in [0.1, 0.15) is 19.3 Å². The Labute approximate surface area is 542 Å². The van der Waals surface area contributed by atoms with Crippen molar-refractivity contribution in [3.05, 3.63) is 36.5 Å². The summed E-state index contributed by atoms with van der Waals surface area (Å²) in [6, 6.07) is -0.885. The van der Waals surface area contributed by atoms with Crippen molar-refractivity contribution in [2.75, 3.05) is 40.9 Å². The summed E-state index contributed by atoms with van der Waals surface area (Å²) in [4.78, 5) is 40.2. The lowest BCUT2D eigenvalue weighted by Gasteiger charge is -2.30. The van der Waals surface area contributed by atoms with E-state index in [9.17, 15) is 19.0 Å². The van der Waals surface area contributed by atoms with Gasteiger partial charge < -0.3 is 28.5 Å². The molecule has 0 saturated carbocycles. The molecular weight excluding hydrogens is 1100 g/mol. The number of unbranched alkanes of at least 4 members (excludes halogenated alkanes) is 51. The molecule has 514 valence electrons. The van der Waals surface area contributed by atoms with E-state index in [4.69, 9.17) is 13.8 Å². The minimum absolute atomic E-state index is 0.0191. The van der Waals surface area contributed by atoms with E-state index in [1.807, 2.05) is 33.3 Å². The summed E-state index contributed by atoms with van der Waals surface area (Å²) in [5, 5.41) is 3.05. The minimum atomic E-state index is -4.70. The third kappa shape index (κ3) is 68.4. The molecule has 0 aromatic heterocycles. The molecule has 3 unspecified atom stereocenters. The molecule has 0 aliphatic rings. The van der Waals surface area contributed by atoms with Gasteiger partial charge in [0.15, 0.2) is 0 Å². The van der Waals surface area contributed by atoms with Crippen LogP contribution in [0.5, 0.6) is 0 Å². The molecule has 0 aromatic rings. The first-order valence-corrected chi connectivity index (χ1v) is 39.8. The van der Waals surface area contributed by atoms with Gasteiger partial charge in [-0.05, 0) is 83.1 Å². The van der Waals surface area contributed by atoms with E-state index < -0.39 is 20.0 Å². The minimum Gasteiger partial charge on any atom is -0.756 e. The number of esters is 1. The third-order valence-electron chi connectivity index (χ3n) is 17.5. The summed E-state index contributed by atoms with van der Waals surface area (Å²) in [7, 11) is 1.21. The van der Waals surface area contributed by atoms with E-state index in [0.717, 1.165) is 57.8 Å². The average molecular weight is 1250 g/mol. The molecule has 0 fully saturated rings. The van der Waals surface area contributed by atoms with Gasteiger partial charge in [-0.2, -0.15) is 0 Å². The van der Waals surface area contributed by atoms with Gasteiger partial charge in [0, 0.05) is 12.8 Å². The number of phosphoric ester groups is 1. The highest BCUT2D eigenvalue weighted by Gasteiger charge is 2.27. The Bertz CT molecular complexity index is 1580. The quantitative estimate of drug-likeness (QED) is 0.0212. The van der Waals surface area contributed by atoms with Crippen LogP contribution in [0, 0.1) is 0 Å². The van der Waals surface area contributed by atoms with Crippen molar-refractivity contribution in [2.45, 2.75) is 405 Å². The van der Waals surface area contributed by atoms with Crippen LogP contribution in [0.4, 0.5) is 0 Å². The molecule has 9 nitrogen and oxygen atoms in total. The molecule has 0 aliphatic heterocycles. The zero-order valence-electron chi connectivity index (χ0n) is 59.0. The second kappa shape index (κ2) is 67.1. The zero-order chi connectivity index (χ0) is 63.5. The second-order valence-corrected chi connectivity index (χ2v) is 28.9. The zero-order valence-corrected chi connectivity index (χ0v) is 59.9. The van der Waals surface area contributed by atoms with Crippen molar-refractivity contribution >= 4 is 19.7 Å². The number of rotatable bonds is 71. The first-order chi connectivity index (χ1) is 42.4. The number of carbonyl (C=O) groups is 2. The molecular formula is C77H149N2O7P. The van der Waals surface area contributed by atoms with Crippen LogP contribution in [-0.2, 0) is 27.9 Å². The number of carbonyl (C=O) groups excluding carboxylic acids is 2. The Morgan fingerprint density at radius 1 is 0.391 bits per heavy atom. The lowest BCUT2D eigenvalue weighted by molar-refractivity contribution is -0.870. The molecule has 0 aromatic carbocycles. The number of nitrogens with zero attached hydrogens (tertiary/aromatic N) is 1. The maximum absolute atomic E-state index is 13.6. The van der Waals surface area contributed by atoms with Crippen molar-refractivity contribution < 1.29 is 37.3 Å². The maximum atomic E-state index is 13.6. The summed E-state index contributed by atoms with van der Waals surface area (Å²) in [5.74, 6) is -0.519. The molecule has 0 radical (unpaired) electrons. The van der Waals surface area contributed by atoms with Gasteiger partial charge in [0.05, 0.1) is 33.8 Å². The van der Waals surface area contributed by atoms with Gasteiger partial charge in [-0.15, -0.1) is 0 Å². The van der Waals surface area contributed by atoms with Gasteiger partial charge in [-0.1, -0.05) is 334 Å². The van der Waals surface area contributed by atoms with Gasteiger partial charge in [0.25, 0.3) is 7.82 Å². The first kappa shape index (κ1) is 85.2. The van der Waals surface area contributed by atoms with Gasteiger partial charge in [0.2, 0.25) is 5.91 Å². The molecule has 0 aliphatic carbocycles. The molecule has 0 heterocycles. The number of likely N-dealkylation sites (N-methyl/N-ethyl adjacent to an activating group) is 1. The lowest BCUT2D eigenvalue weighted by atomic mass is 10.0. The van der Waals surface area contributed by atoms with Crippen molar-refractivity contribution in [3.8, 4) is 0 Å². The fourth-order valence-corrected chi connectivity index (χ4v) is 12.4. The summed E-state index contributed by atoms with van der Waals surface area (Å²) < 4.78 is 30.5. The van der Waals surface area contributed by atoms with Crippen LogP contribution < -0.4 is 10.2 Å². The molecule has 0 rings (SSSR count). The maximum Gasteiger partial charge on any atom is 0.306 e. The molecule has 10 heteroatoms.